The molecule has 0 fully saturated rings. The van der Waals surface area contributed by atoms with Crippen LogP contribution in [0, 0.1) is 0 Å². The number of rotatable bonds is 4. The molecule has 1 rings (SSSR count). The Bertz CT molecular complexity index is 311. The van der Waals surface area contributed by atoms with Gasteiger partial charge in [-0.3, -0.25) is 4.79 Å². The van der Waals surface area contributed by atoms with Gasteiger partial charge in [0.15, 0.2) is 11.0 Å². The highest BCUT2D eigenvalue weighted by Crippen LogP contribution is 2.12. The molecule has 14 heavy (non-hydrogen) atoms. The second-order valence-electron chi connectivity index (χ2n) is 2.93. The van der Waals surface area contributed by atoms with Gasteiger partial charge in [-0.05, 0) is 30.7 Å². The lowest BCUT2D eigenvalue weighted by Crippen LogP contribution is -2.35. The number of furan rings is 1. The molecule has 4 nitrogen and oxygen atoms in total. The molecular weight excluding hydrogens is 206 g/mol. The van der Waals surface area contributed by atoms with Crippen LogP contribution in [0.3, 0.4) is 0 Å². The molecule has 1 aromatic heterocycles. The SMILES string of the molecule is COCC(C)NC(=O)c1ccc(Cl)o1. The van der Waals surface area contributed by atoms with E-state index in [-0.39, 0.29) is 22.9 Å². The zero-order valence-electron chi connectivity index (χ0n) is 8.04. The molecule has 0 spiro atoms. The van der Waals surface area contributed by atoms with Gasteiger partial charge in [0, 0.05) is 13.2 Å². The van der Waals surface area contributed by atoms with E-state index in [0.29, 0.717) is 6.61 Å². The van der Waals surface area contributed by atoms with Gasteiger partial charge in [-0.1, -0.05) is 0 Å². The van der Waals surface area contributed by atoms with Crippen molar-refractivity contribution in [1.29, 1.82) is 0 Å². The van der Waals surface area contributed by atoms with Crippen molar-refractivity contribution in [1.82, 2.24) is 5.32 Å². The number of halogens is 1. The van der Waals surface area contributed by atoms with Crippen molar-refractivity contribution >= 4 is 17.5 Å². The molecule has 0 bridgehead atoms. The van der Waals surface area contributed by atoms with E-state index in [1.807, 2.05) is 6.92 Å². The van der Waals surface area contributed by atoms with Crippen molar-refractivity contribution in [2.75, 3.05) is 13.7 Å². The van der Waals surface area contributed by atoms with Gasteiger partial charge in [-0.2, -0.15) is 0 Å². The summed E-state index contributed by atoms with van der Waals surface area (Å²) in [5.74, 6) is -0.0839. The smallest absolute Gasteiger partial charge is 0.287 e. The molecule has 0 aliphatic heterocycles. The topological polar surface area (TPSA) is 51.5 Å². The number of carbonyl (C=O) groups is 1. The Balaban J connectivity index is 2.50. The Morgan fingerprint density at radius 1 is 1.71 bits per heavy atom. The van der Waals surface area contributed by atoms with E-state index >= 15 is 0 Å². The minimum Gasteiger partial charge on any atom is -0.440 e. The lowest BCUT2D eigenvalue weighted by atomic mass is 10.3. The number of hydrogen-bond donors (Lipinski definition) is 1. The molecule has 0 saturated carbocycles. The van der Waals surface area contributed by atoms with E-state index in [4.69, 9.17) is 20.8 Å². The Morgan fingerprint density at radius 3 is 2.93 bits per heavy atom. The van der Waals surface area contributed by atoms with E-state index in [1.165, 1.54) is 12.1 Å². The number of ether oxygens (including phenoxy) is 1. The highest BCUT2D eigenvalue weighted by atomic mass is 35.5. The number of hydrogen-bond acceptors (Lipinski definition) is 3. The van der Waals surface area contributed by atoms with Gasteiger partial charge in [-0.25, -0.2) is 0 Å². The molecular formula is C9H12ClNO3. The summed E-state index contributed by atoms with van der Waals surface area (Å²) in [6.07, 6.45) is 0. The molecule has 1 N–H and O–H groups in total. The van der Waals surface area contributed by atoms with Crippen LogP contribution >= 0.6 is 11.6 Å². The number of amides is 1. The highest BCUT2D eigenvalue weighted by molar-refractivity contribution is 6.29. The predicted octanol–water partition coefficient (Wildman–Crippen LogP) is 1.70. The normalized spacial score (nSPS) is 12.5. The second kappa shape index (κ2) is 5.02. The van der Waals surface area contributed by atoms with Crippen molar-refractivity contribution in [2.45, 2.75) is 13.0 Å². The summed E-state index contributed by atoms with van der Waals surface area (Å²) in [5, 5.41) is 2.90. The number of nitrogens with one attached hydrogen (secondary N) is 1. The average molecular weight is 218 g/mol. The van der Waals surface area contributed by atoms with Gasteiger partial charge < -0.3 is 14.5 Å². The molecule has 0 saturated heterocycles. The largest absolute Gasteiger partial charge is 0.440 e. The molecule has 1 unspecified atom stereocenters. The fraction of sp³-hybridized carbons (Fsp3) is 0.444. The maximum Gasteiger partial charge on any atom is 0.287 e. The van der Waals surface area contributed by atoms with Gasteiger partial charge in [0.25, 0.3) is 5.91 Å². The first-order valence-corrected chi connectivity index (χ1v) is 4.56. The van der Waals surface area contributed by atoms with Crippen molar-refractivity contribution in [2.24, 2.45) is 0 Å². The summed E-state index contributed by atoms with van der Waals surface area (Å²) in [6, 6.07) is 2.99. The minimum atomic E-state index is -0.290. The molecule has 0 radical (unpaired) electrons. The van der Waals surface area contributed by atoms with Crippen LogP contribution in [0.4, 0.5) is 0 Å². The quantitative estimate of drug-likeness (QED) is 0.835. The number of methoxy groups -OCH3 is 1. The zero-order chi connectivity index (χ0) is 10.6. The molecule has 0 aliphatic rings. The molecule has 1 amide bonds. The highest BCUT2D eigenvalue weighted by Gasteiger charge is 2.12. The zero-order valence-corrected chi connectivity index (χ0v) is 8.80. The predicted molar refractivity (Wildman–Crippen MR) is 52.5 cm³/mol. The standard InChI is InChI=1S/C9H12ClNO3/c1-6(5-13-2)11-9(12)7-3-4-8(10)14-7/h3-4,6H,5H2,1-2H3,(H,11,12). The first-order chi connectivity index (χ1) is 6.63. The second-order valence-corrected chi connectivity index (χ2v) is 3.31. The Labute approximate surface area is 87.2 Å². The fourth-order valence-corrected chi connectivity index (χ4v) is 1.17. The molecule has 1 heterocycles. The van der Waals surface area contributed by atoms with Crippen LogP contribution in [0.2, 0.25) is 5.22 Å². The van der Waals surface area contributed by atoms with E-state index in [0.717, 1.165) is 0 Å². The van der Waals surface area contributed by atoms with Crippen LogP contribution in [0.5, 0.6) is 0 Å². The minimum absolute atomic E-state index is 0.0589. The molecule has 0 aliphatic carbocycles. The van der Waals surface area contributed by atoms with Crippen molar-refractivity contribution < 1.29 is 13.9 Å². The summed E-state index contributed by atoms with van der Waals surface area (Å²) in [5.41, 5.74) is 0. The molecule has 0 aromatic carbocycles. The van der Waals surface area contributed by atoms with E-state index in [1.54, 1.807) is 7.11 Å². The third-order valence-corrected chi connectivity index (χ3v) is 1.79. The van der Waals surface area contributed by atoms with Gasteiger partial charge in [0.2, 0.25) is 0 Å². The first kappa shape index (κ1) is 11.1. The third-order valence-electron chi connectivity index (χ3n) is 1.59. The monoisotopic (exact) mass is 217 g/mol. The maximum atomic E-state index is 11.4. The van der Waals surface area contributed by atoms with Crippen LogP contribution < -0.4 is 5.32 Å². The summed E-state index contributed by atoms with van der Waals surface area (Å²) in [4.78, 5) is 11.4. The molecule has 1 aromatic rings. The van der Waals surface area contributed by atoms with Gasteiger partial charge in [-0.15, -0.1) is 0 Å². The molecule has 5 heteroatoms. The maximum absolute atomic E-state index is 11.4. The van der Waals surface area contributed by atoms with E-state index < -0.39 is 0 Å². The van der Waals surface area contributed by atoms with Crippen molar-refractivity contribution in [3.8, 4) is 0 Å². The average Bonchev–Trinajstić information content (AvgIpc) is 2.52. The Morgan fingerprint density at radius 2 is 2.43 bits per heavy atom. The molecule has 1 atom stereocenters. The molecule has 78 valence electrons. The van der Waals surface area contributed by atoms with Gasteiger partial charge >= 0.3 is 0 Å². The first-order valence-electron chi connectivity index (χ1n) is 4.18. The van der Waals surface area contributed by atoms with E-state index in [9.17, 15) is 4.79 Å². The van der Waals surface area contributed by atoms with Crippen molar-refractivity contribution in [3.05, 3.63) is 23.1 Å². The lowest BCUT2D eigenvalue weighted by molar-refractivity contribution is 0.0878. The Hall–Kier alpha value is -1.00. The van der Waals surface area contributed by atoms with Crippen molar-refractivity contribution in [3.63, 3.8) is 0 Å². The summed E-state index contributed by atoms with van der Waals surface area (Å²) in [7, 11) is 1.58. The summed E-state index contributed by atoms with van der Waals surface area (Å²) < 4.78 is 9.81. The summed E-state index contributed by atoms with van der Waals surface area (Å²) >= 11 is 5.53. The van der Waals surface area contributed by atoms with Gasteiger partial charge in [0.1, 0.15) is 0 Å². The van der Waals surface area contributed by atoms with Crippen LogP contribution in [0.1, 0.15) is 17.5 Å². The Kier molecular flexibility index (Phi) is 3.98. The fourth-order valence-electron chi connectivity index (χ4n) is 1.02. The van der Waals surface area contributed by atoms with Crippen LogP contribution in [0.15, 0.2) is 16.5 Å². The van der Waals surface area contributed by atoms with Crippen LogP contribution in [-0.2, 0) is 4.74 Å². The summed E-state index contributed by atoms with van der Waals surface area (Å²) in [6.45, 7) is 2.30. The van der Waals surface area contributed by atoms with Crippen LogP contribution in [0.25, 0.3) is 0 Å². The third kappa shape index (κ3) is 3.05. The van der Waals surface area contributed by atoms with E-state index in [2.05, 4.69) is 5.32 Å². The number of carbonyl (C=O) groups excluding carboxylic acids is 1. The van der Waals surface area contributed by atoms with Crippen LogP contribution in [-0.4, -0.2) is 25.7 Å². The van der Waals surface area contributed by atoms with Gasteiger partial charge in [0.05, 0.1) is 6.61 Å². The lowest BCUT2D eigenvalue weighted by Gasteiger charge is -2.10.